The SMILES string of the molecule is C1CCN(C2CCN(CCNCC3CCOC3)CC2)CC1. The van der Waals surface area contributed by atoms with E-state index in [9.17, 15) is 0 Å². The molecule has 1 unspecified atom stereocenters. The Morgan fingerprint density at radius 3 is 2.48 bits per heavy atom. The van der Waals surface area contributed by atoms with Gasteiger partial charge in [0.05, 0.1) is 6.61 Å². The summed E-state index contributed by atoms with van der Waals surface area (Å²) in [7, 11) is 0. The highest BCUT2D eigenvalue weighted by Gasteiger charge is 2.25. The number of ether oxygens (including phenoxy) is 1. The van der Waals surface area contributed by atoms with Crippen LogP contribution in [0, 0.1) is 5.92 Å². The van der Waals surface area contributed by atoms with Gasteiger partial charge in [0.25, 0.3) is 0 Å². The van der Waals surface area contributed by atoms with Crippen molar-refractivity contribution in [2.45, 2.75) is 44.6 Å². The molecule has 21 heavy (non-hydrogen) atoms. The van der Waals surface area contributed by atoms with Gasteiger partial charge in [0, 0.05) is 32.3 Å². The number of hydrogen-bond donors (Lipinski definition) is 1. The van der Waals surface area contributed by atoms with Crippen molar-refractivity contribution in [3.05, 3.63) is 0 Å². The van der Waals surface area contributed by atoms with Crippen molar-refractivity contribution in [2.24, 2.45) is 5.92 Å². The van der Waals surface area contributed by atoms with Crippen LogP contribution in [0.5, 0.6) is 0 Å². The summed E-state index contributed by atoms with van der Waals surface area (Å²) in [6.07, 6.45) is 8.32. The summed E-state index contributed by atoms with van der Waals surface area (Å²) in [5.74, 6) is 0.759. The highest BCUT2D eigenvalue weighted by atomic mass is 16.5. The molecule has 122 valence electrons. The van der Waals surface area contributed by atoms with Gasteiger partial charge in [-0.1, -0.05) is 6.42 Å². The standard InChI is InChI=1S/C17H33N3O/c1-2-8-20(9-3-1)17-4-10-19(11-5-17)12-7-18-14-16-6-13-21-15-16/h16-18H,1-15H2. The number of hydrogen-bond acceptors (Lipinski definition) is 4. The van der Waals surface area contributed by atoms with E-state index in [0.717, 1.165) is 38.3 Å². The van der Waals surface area contributed by atoms with Crippen molar-refractivity contribution in [3.63, 3.8) is 0 Å². The van der Waals surface area contributed by atoms with Crippen LogP contribution >= 0.6 is 0 Å². The van der Waals surface area contributed by atoms with Gasteiger partial charge in [-0.05, 0) is 64.2 Å². The molecular formula is C17H33N3O. The second kappa shape index (κ2) is 8.47. The smallest absolute Gasteiger partial charge is 0.0507 e. The number of nitrogens with one attached hydrogen (secondary N) is 1. The van der Waals surface area contributed by atoms with Gasteiger partial charge in [0.1, 0.15) is 0 Å². The highest BCUT2D eigenvalue weighted by molar-refractivity contribution is 4.81. The molecule has 1 N–H and O–H groups in total. The van der Waals surface area contributed by atoms with E-state index < -0.39 is 0 Å². The Hall–Kier alpha value is -0.160. The molecule has 3 aliphatic rings. The van der Waals surface area contributed by atoms with Gasteiger partial charge >= 0.3 is 0 Å². The van der Waals surface area contributed by atoms with E-state index >= 15 is 0 Å². The molecule has 0 aromatic carbocycles. The van der Waals surface area contributed by atoms with Gasteiger partial charge in [-0.15, -0.1) is 0 Å². The van der Waals surface area contributed by atoms with Crippen LogP contribution in [-0.4, -0.2) is 74.9 Å². The molecule has 4 nitrogen and oxygen atoms in total. The van der Waals surface area contributed by atoms with Gasteiger partial charge in [-0.3, -0.25) is 0 Å². The van der Waals surface area contributed by atoms with Crippen molar-refractivity contribution < 1.29 is 4.74 Å². The maximum Gasteiger partial charge on any atom is 0.0507 e. The van der Waals surface area contributed by atoms with Crippen LogP contribution in [0.4, 0.5) is 0 Å². The monoisotopic (exact) mass is 295 g/mol. The van der Waals surface area contributed by atoms with Gasteiger partial charge in [0.2, 0.25) is 0 Å². The largest absolute Gasteiger partial charge is 0.381 e. The molecule has 0 radical (unpaired) electrons. The Bertz CT molecular complexity index is 280. The molecule has 3 fully saturated rings. The molecule has 0 saturated carbocycles. The molecule has 3 heterocycles. The predicted octanol–water partition coefficient (Wildman–Crippen LogP) is 1.56. The Kier molecular flexibility index (Phi) is 6.34. The topological polar surface area (TPSA) is 27.7 Å². The molecule has 0 bridgehead atoms. The van der Waals surface area contributed by atoms with E-state index in [4.69, 9.17) is 4.74 Å². The number of likely N-dealkylation sites (tertiary alicyclic amines) is 2. The van der Waals surface area contributed by atoms with E-state index in [2.05, 4.69) is 15.1 Å². The molecule has 0 aromatic heterocycles. The van der Waals surface area contributed by atoms with E-state index in [1.807, 2.05) is 0 Å². The molecule has 1 atom stereocenters. The minimum absolute atomic E-state index is 0.759. The molecule has 0 amide bonds. The summed E-state index contributed by atoms with van der Waals surface area (Å²) in [6.45, 7) is 10.8. The van der Waals surface area contributed by atoms with Gasteiger partial charge < -0.3 is 19.9 Å². The fourth-order valence-corrected chi connectivity index (χ4v) is 4.08. The van der Waals surface area contributed by atoms with Crippen LogP contribution in [0.15, 0.2) is 0 Å². The zero-order valence-corrected chi connectivity index (χ0v) is 13.6. The van der Waals surface area contributed by atoms with Gasteiger partial charge in [0.15, 0.2) is 0 Å². The summed E-state index contributed by atoms with van der Waals surface area (Å²) < 4.78 is 5.42. The number of nitrogens with zero attached hydrogens (tertiary/aromatic N) is 2. The van der Waals surface area contributed by atoms with E-state index in [1.54, 1.807) is 0 Å². The first-order chi connectivity index (χ1) is 10.4. The Balaban J connectivity index is 1.25. The van der Waals surface area contributed by atoms with Crippen LogP contribution in [0.3, 0.4) is 0 Å². The Morgan fingerprint density at radius 1 is 0.952 bits per heavy atom. The molecule has 3 aliphatic heterocycles. The van der Waals surface area contributed by atoms with Crippen molar-refractivity contribution in [1.82, 2.24) is 15.1 Å². The van der Waals surface area contributed by atoms with Crippen molar-refractivity contribution >= 4 is 0 Å². The quantitative estimate of drug-likeness (QED) is 0.753. The summed E-state index contributed by atoms with van der Waals surface area (Å²) in [4.78, 5) is 5.41. The van der Waals surface area contributed by atoms with E-state index in [1.165, 1.54) is 71.2 Å². The van der Waals surface area contributed by atoms with Crippen molar-refractivity contribution in [2.75, 3.05) is 59.0 Å². The van der Waals surface area contributed by atoms with Gasteiger partial charge in [-0.25, -0.2) is 0 Å². The average Bonchev–Trinajstić information content (AvgIpc) is 3.06. The first kappa shape index (κ1) is 15.7. The lowest BCUT2D eigenvalue weighted by molar-refractivity contribution is 0.0928. The minimum Gasteiger partial charge on any atom is -0.381 e. The predicted molar refractivity (Wildman–Crippen MR) is 86.7 cm³/mol. The third-order valence-corrected chi connectivity index (χ3v) is 5.53. The average molecular weight is 295 g/mol. The number of rotatable bonds is 6. The van der Waals surface area contributed by atoms with E-state index in [0.29, 0.717) is 0 Å². The second-order valence-corrected chi connectivity index (χ2v) is 7.10. The summed E-state index contributed by atoms with van der Waals surface area (Å²) in [6, 6.07) is 0.880. The Labute approximate surface area is 130 Å². The first-order valence-corrected chi connectivity index (χ1v) is 9.17. The van der Waals surface area contributed by atoms with Crippen molar-refractivity contribution in [1.29, 1.82) is 0 Å². The molecule has 3 saturated heterocycles. The highest BCUT2D eigenvalue weighted by Crippen LogP contribution is 2.20. The summed E-state index contributed by atoms with van der Waals surface area (Å²) >= 11 is 0. The molecule has 0 spiro atoms. The van der Waals surface area contributed by atoms with Crippen LogP contribution in [0.25, 0.3) is 0 Å². The molecule has 4 heteroatoms. The number of piperidine rings is 2. The van der Waals surface area contributed by atoms with Crippen molar-refractivity contribution in [3.8, 4) is 0 Å². The third kappa shape index (κ3) is 4.92. The normalized spacial score (nSPS) is 30.0. The van der Waals surface area contributed by atoms with Crippen LogP contribution in [0.2, 0.25) is 0 Å². The molecule has 3 rings (SSSR count). The van der Waals surface area contributed by atoms with Crippen LogP contribution in [-0.2, 0) is 4.74 Å². The summed E-state index contributed by atoms with van der Waals surface area (Å²) in [5, 5.41) is 3.62. The lowest BCUT2D eigenvalue weighted by Crippen LogP contribution is -2.47. The molecule has 0 aromatic rings. The lowest BCUT2D eigenvalue weighted by atomic mass is 10.00. The second-order valence-electron chi connectivity index (χ2n) is 7.10. The first-order valence-electron chi connectivity index (χ1n) is 9.17. The fraction of sp³-hybridized carbons (Fsp3) is 1.00. The maximum atomic E-state index is 5.42. The molecular weight excluding hydrogens is 262 g/mol. The molecule has 0 aliphatic carbocycles. The minimum atomic E-state index is 0.759. The zero-order valence-electron chi connectivity index (χ0n) is 13.6. The van der Waals surface area contributed by atoms with Gasteiger partial charge in [-0.2, -0.15) is 0 Å². The fourth-order valence-electron chi connectivity index (χ4n) is 4.08. The van der Waals surface area contributed by atoms with Crippen LogP contribution in [0.1, 0.15) is 38.5 Å². The van der Waals surface area contributed by atoms with E-state index in [-0.39, 0.29) is 0 Å². The lowest BCUT2D eigenvalue weighted by Gasteiger charge is -2.40. The zero-order chi connectivity index (χ0) is 14.3. The van der Waals surface area contributed by atoms with Crippen LogP contribution < -0.4 is 5.32 Å². The third-order valence-electron chi connectivity index (χ3n) is 5.53. The summed E-state index contributed by atoms with van der Waals surface area (Å²) in [5.41, 5.74) is 0. The Morgan fingerprint density at radius 2 is 1.76 bits per heavy atom. The maximum absolute atomic E-state index is 5.42.